The van der Waals surface area contributed by atoms with E-state index >= 15 is 0 Å². The predicted octanol–water partition coefficient (Wildman–Crippen LogP) is 5.54. The number of benzene rings is 3. The lowest BCUT2D eigenvalue weighted by molar-refractivity contribution is -0.132. The third-order valence-electron chi connectivity index (χ3n) is 5.63. The van der Waals surface area contributed by atoms with Crippen LogP contribution < -0.4 is 9.64 Å². The molecule has 1 N–H and O–H groups in total. The Bertz CT molecular complexity index is 1370. The predicted molar refractivity (Wildman–Crippen MR) is 126 cm³/mol. The third-order valence-corrected chi connectivity index (χ3v) is 6.56. The molecule has 5 nitrogen and oxygen atoms in total. The van der Waals surface area contributed by atoms with Crippen molar-refractivity contribution in [2.75, 3.05) is 12.0 Å². The van der Waals surface area contributed by atoms with Crippen LogP contribution in [0.4, 0.5) is 5.69 Å². The van der Waals surface area contributed by atoms with Crippen LogP contribution in [0.5, 0.6) is 5.75 Å². The van der Waals surface area contributed by atoms with Crippen molar-refractivity contribution in [3.05, 3.63) is 100 Å². The maximum Gasteiger partial charge on any atom is 0.300 e. The summed E-state index contributed by atoms with van der Waals surface area (Å²) >= 11 is 1.43. The maximum atomic E-state index is 13.3. The lowest BCUT2D eigenvalue weighted by Crippen LogP contribution is -2.29. The Morgan fingerprint density at radius 3 is 2.53 bits per heavy atom. The number of fused-ring (bicyclic) bond motifs is 1. The van der Waals surface area contributed by atoms with Crippen molar-refractivity contribution >= 4 is 45.2 Å². The zero-order valence-corrected chi connectivity index (χ0v) is 18.0. The Morgan fingerprint density at radius 1 is 0.969 bits per heavy atom. The molecule has 1 atom stereocenters. The number of Topliss-reactive ketones (excluding diaryl/α,β-unsaturated/α-hetero) is 1. The first-order chi connectivity index (χ1) is 15.6. The number of nitrogens with zero attached hydrogens (tertiary/aromatic N) is 1. The zero-order chi connectivity index (χ0) is 22.2. The monoisotopic (exact) mass is 441 g/mol. The standard InChI is InChI=1S/C26H19NO4S/c1-31-18-10-5-9-17(15-18)27-23(21-13-6-14-32-21)22(25(29)26(27)30)24(28)20-12-4-8-16-7-2-3-11-19(16)20/h2-15,23,28H,1H3/b24-22-. The van der Waals surface area contributed by atoms with Gasteiger partial charge in [0.05, 0.1) is 12.7 Å². The molecule has 0 radical (unpaired) electrons. The SMILES string of the molecule is COc1cccc(N2C(=O)C(=O)/C(=C(\O)c3cccc4ccccc34)C2c2cccs2)c1. The van der Waals surface area contributed by atoms with Crippen LogP contribution in [-0.2, 0) is 9.59 Å². The number of thiophene rings is 1. The summed E-state index contributed by atoms with van der Waals surface area (Å²) in [5.74, 6) is -0.998. The van der Waals surface area contributed by atoms with Gasteiger partial charge in [-0.15, -0.1) is 11.3 Å². The second-order valence-electron chi connectivity index (χ2n) is 7.41. The fourth-order valence-corrected chi connectivity index (χ4v) is 4.98. The van der Waals surface area contributed by atoms with Crippen LogP contribution in [0.3, 0.4) is 0 Å². The second-order valence-corrected chi connectivity index (χ2v) is 8.39. The van der Waals surface area contributed by atoms with Crippen LogP contribution >= 0.6 is 11.3 Å². The van der Waals surface area contributed by atoms with Gasteiger partial charge in [0, 0.05) is 22.2 Å². The van der Waals surface area contributed by atoms with Gasteiger partial charge in [-0.2, -0.15) is 0 Å². The van der Waals surface area contributed by atoms with Gasteiger partial charge >= 0.3 is 0 Å². The van der Waals surface area contributed by atoms with Crippen molar-refractivity contribution < 1.29 is 19.4 Å². The Labute approximate surface area is 188 Å². The van der Waals surface area contributed by atoms with E-state index < -0.39 is 17.7 Å². The molecule has 1 aliphatic heterocycles. The smallest absolute Gasteiger partial charge is 0.300 e. The van der Waals surface area contributed by atoms with E-state index in [2.05, 4.69) is 0 Å². The Kier molecular flexibility index (Phi) is 4.99. The zero-order valence-electron chi connectivity index (χ0n) is 17.2. The average molecular weight is 442 g/mol. The highest BCUT2D eigenvalue weighted by atomic mass is 32.1. The van der Waals surface area contributed by atoms with Gasteiger partial charge in [0.2, 0.25) is 0 Å². The van der Waals surface area contributed by atoms with Crippen LogP contribution in [-0.4, -0.2) is 23.9 Å². The van der Waals surface area contributed by atoms with Gasteiger partial charge in [-0.1, -0.05) is 54.6 Å². The van der Waals surface area contributed by atoms with Crippen molar-refractivity contribution in [2.24, 2.45) is 0 Å². The molecule has 1 unspecified atom stereocenters. The summed E-state index contributed by atoms with van der Waals surface area (Å²) < 4.78 is 5.31. The molecule has 0 saturated carbocycles. The van der Waals surface area contributed by atoms with Gasteiger partial charge < -0.3 is 9.84 Å². The molecule has 1 fully saturated rings. The molecule has 0 spiro atoms. The third kappa shape index (κ3) is 3.16. The van der Waals surface area contributed by atoms with Crippen molar-refractivity contribution in [3.8, 4) is 5.75 Å². The molecule has 0 bridgehead atoms. The minimum atomic E-state index is -0.735. The molecule has 32 heavy (non-hydrogen) atoms. The summed E-state index contributed by atoms with van der Waals surface area (Å²) in [5, 5.41) is 15.0. The number of ketones is 1. The molecule has 4 aromatic rings. The topological polar surface area (TPSA) is 66.8 Å². The summed E-state index contributed by atoms with van der Waals surface area (Å²) in [6, 6.07) is 23.2. The normalized spacial score (nSPS) is 17.8. The largest absolute Gasteiger partial charge is 0.507 e. The Balaban J connectivity index is 1.75. The number of anilines is 1. The van der Waals surface area contributed by atoms with Crippen LogP contribution in [0.2, 0.25) is 0 Å². The molecule has 158 valence electrons. The number of amides is 1. The molecule has 2 heterocycles. The number of rotatable bonds is 4. The summed E-state index contributed by atoms with van der Waals surface area (Å²) in [6.45, 7) is 0. The van der Waals surface area contributed by atoms with E-state index in [1.807, 2.05) is 53.9 Å². The number of carbonyl (C=O) groups excluding carboxylic acids is 2. The molecule has 6 heteroatoms. The molecular formula is C26H19NO4S. The van der Waals surface area contributed by atoms with Gasteiger partial charge in [-0.3, -0.25) is 14.5 Å². The van der Waals surface area contributed by atoms with Crippen molar-refractivity contribution in [2.45, 2.75) is 6.04 Å². The highest BCUT2D eigenvalue weighted by Gasteiger charge is 2.47. The molecule has 1 aromatic heterocycles. The number of aliphatic hydroxyl groups excluding tert-OH is 1. The Hall–Kier alpha value is -3.90. The van der Waals surface area contributed by atoms with Crippen LogP contribution in [0, 0.1) is 0 Å². The molecule has 0 aliphatic carbocycles. The number of hydrogen-bond acceptors (Lipinski definition) is 5. The molecular weight excluding hydrogens is 422 g/mol. The number of ether oxygens (including phenoxy) is 1. The van der Waals surface area contributed by atoms with E-state index in [0.717, 1.165) is 15.6 Å². The van der Waals surface area contributed by atoms with Crippen molar-refractivity contribution in [1.29, 1.82) is 0 Å². The van der Waals surface area contributed by atoms with E-state index in [9.17, 15) is 14.7 Å². The summed E-state index contributed by atoms with van der Waals surface area (Å²) in [7, 11) is 1.55. The summed E-state index contributed by atoms with van der Waals surface area (Å²) in [5.41, 5.74) is 1.13. The Morgan fingerprint density at radius 2 is 1.75 bits per heavy atom. The lowest BCUT2D eigenvalue weighted by atomic mass is 9.96. The van der Waals surface area contributed by atoms with E-state index in [1.165, 1.54) is 16.2 Å². The number of carbonyl (C=O) groups is 2. The summed E-state index contributed by atoms with van der Waals surface area (Å²) in [6.07, 6.45) is 0. The first-order valence-corrected chi connectivity index (χ1v) is 10.9. The quantitative estimate of drug-likeness (QED) is 0.257. The molecule has 1 amide bonds. The minimum absolute atomic E-state index is 0.0802. The van der Waals surface area contributed by atoms with Crippen LogP contribution in [0.15, 0.2) is 89.8 Å². The van der Waals surface area contributed by atoms with E-state index in [1.54, 1.807) is 37.4 Å². The van der Waals surface area contributed by atoms with Crippen LogP contribution in [0.25, 0.3) is 16.5 Å². The fraction of sp³-hybridized carbons (Fsp3) is 0.0769. The molecule has 1 saturated heterocycles. The van der Waals surface area contributed by atoms with Gasteiger partial charge in [-0.25, -0.2) is 0 Å². The maximum absolute atomic E-state index is 13.3. The van der Waals surface area contributed by atoms with Gasteiger partial charge in [0.15, 0.2) is 0 Å². The number of hydrogen-bond donors (Lipinski definition) is 1. The van der Waals surface area contributed by atoms with Gasteiger partial charge in [0.25, 0.3) is 11.7 Å². The van der Waals surface area contributed by atoms with Gasteiger partial charge in [-0.05, 0) is 34.4 Å². The number of aliphatic hydroxyl groups is 1. The van der Waals surface area contributed by atoms with E-state index in [4.69, 9.17) is 4.74 Å². The van der Waals surface area contributed by atoms with Crippen molar-refractivity contribution in [1.82, 2.24) is 0 Å². The second kappa shape index (κ2) is 7.98. The highest BCUT2D eigenvalue weighted by Crippen LogP contribution is 2.44. The van der Waals surface area contributed by atoms with Gasteiger partial charge in [0.1, 0.15) is 17.6 Å². The first-order valence-electron chi connectivity index (χ1n) is 10.1. The lowest BCUT2D eigenvalue weighted by Gasteiger charge is -2.24. The molecule has 1 aliphatic rings. The van der Waals surface area contributed by atoms with E-state index in [-0.39, 0.29) is 11.3 Å². The van der Waals surface area contributed by atoms with Crippen molar-refractivity contribution in [3.63, 3.8) is 0 Å². The first kappa shape index (κ1) is 20.0. The average Bonchev–Trinajstić information content (AvgIpc) is 3.45. The van der Waals surface area contributed by atoms with Crippen LogP contribution in [0.1, 0.15) is 16.5 Å². The minimum Gasteiger partial charge on any atom is -0.507 e. The molecule has 3 aromatic carbocycles. The van der Waals surface area contributed by atoms with E-state index in [0.29, 0.717) is 17.0 Å². The highest BCUT2D eigenvalue weighted by molar-refractivity contribution is 7.10. The molecule has 5 rings (SSSR count). The number of methoxy groups -OCH3 is 1. The summed E-state index contributed by atoms with van der Waals surface area (Å²) in [4.78, 5) is 28.7. The fourth-order valence-electron chi connectivity index (χ4n) is 4.15.